The van der Waals surface area contributed by atoms with Crippen LogP contribution in [0.5, 0.6) is 0 Å². The van der Waals surface area contributed by atoms with Crippen molar-refractivity contribution in [3.05, 3.63) is 0 Å². The largest absolute Gasteiger partial charge is 0.333 e. The van der Waals surface area contributed by atoms with Gasteiger partial charge in [-0.1, -0.05) is 34.6 Å². The summed E-state index contributed by atoms with van der Waals surface area (Å²) in [4.78, 5) is 0. The van der Waals surface area contributed by atoms with Gasteiger partial charge in [0.05, 0.1) is 0 Å². The van der Waals surface area contributed by atoms with Crippen molar-refractivity contribution >= 4 is 0 Å². The van der Waals surface area contributed by atoms with Crippen LogP contribution in [0.2, 0.25) is 0 Å². The van der Waals surface area contributed by atoms with Crippen molar-refractivity contribution in [3.8, 4) is 0 Å². The van der Waals surface area contributed by atoms with Gasteiger partial charge in [-0.2, -0.15) is 0 Å². The predicted molar refractivity (Wildman–Crippen MR) is 57.0 cm³/mol. The SMILES string of the molecule is CC.CC.CCCNC.CN. The van der Waals surface area contributed by atoms with Gasteiger partial charge < -0.3 is 11.1 Å². The van der Waals surface area contributed by atoms with Crippen molar-refractivity contribution in [3.63, 3.8) is 0 Å². The summed E-state index contributed by atoms with van der Waals surface area (Å²) in [6.45, 7) is 11.3. The molecule has 0 amide bonds. The van der Waals surface area contributed by atoms with E-state index in [9.17, 15) is 0 Å². The topological polar surface area (TPSA) is 38.0 Å². The summed E-state index contributed by atoms with van der Waals surface area (Å²) in [5.41, 5.74) is 4.50. The third-order valence-electron chi connectivity index (χ3n) is 0.500. The molecule has 0 aromatic heterocycles. The van der Waals surface area contributed by atoms with E-state index in [2.05, 4.69) is 18.0 Å². The lowest BCUT2D eigenvalue weighted by molar-refractivity contribution is 0.772. The fourth-order valence-corrected chi connectivity index (χ4v) is 0.250. The minimum absolute atomic E-state index is 1.14. The van der Waals surface area contributed by atoms with Crippen LogP contribution in [0.3, 0.4) is 0 Å². The van der Waals surface area contributed by atoms with E-state index in [1.807, 2.05) is 34.7 Å². The number of nitrogens with one attached hydrogen (secondary N) is 1. The van der Waals surface area contributed by atoms with Gasteiger partial charge in [0.15, 0.2) is 0 Å². The van der Waals surface area contributed by atoms with E-state index in [1.54, 1.807) is 0 Å². The Labute approximate surface area is 73.6 Å². The van der Waals surface area contributed by atoms with E-state index < -0.39 is 0 Å². The van der Waals surface area contributed by atoms with Gasteiger partial charge in [0, 0.05) is 0 Å². The molecule has 0 fully saturated rings. The highest BCUT2D eigenvalue weighted by molar-refractivity contribution is 4.28. The van der Waals surface area contributed by atoms with Gasteiger partial charge in [-0.15, -0.1) is 0 Å². The summed E-state index contributed by atoms with van der Waals surface area (Å²) in [5.74, 6) is 0. The summed E-state index contributed by atoms with van der Waals surface area (Å²) in [7, 11) is 3.46. The highest BCUT2D eigenvalue weighted by atomic mass is 14.8. The second-order valence-electron chi connectivity index (χ2n) is 1.10. The van der Waals surface area contributed by atoms with E-state index in [1.165, 1.54) is 13.5 Å². The minimum Gasteiger partial charge on any atom is -0.333 e. The van der Waals surface area contributed by atoms with Crippen LogP contribution < -0.4 is 11.1 Å². The maximum atomic E-state index is 4.50. The molecular weight excluding hydrogens is 136 g/mol. The molecule has 0 spiro atoms. The van der Waals surface area contributed by atoms with Gasteiger partial charge >= 0.3 is 0 Å². The molecule has 0 aliphatic rings. The van der Waals surface area contributed by atoms with Gasteiger partial charge in [-0.05, 0) is 27.1 Å². The molecule has 0 aromatic carbocycles. The molecule has 2 heteroatoms. The molecule has 2 nitrogen and oxygen atoms in total. The molecule has 0 heterocycles. The maximum absolute atomic E-state index is 4.50. The molecule has 0 saturated heterocycles. The van der Waals surface area contributed by atoms with Crippen LogP contribution in [0, 0.1) is 0 Å². The zero-order valence-corrected chi connectivity index (χ0v) is 9.49. The molecular formula is C9H28N2. The first kappa shape index (κ1) is 22.4. The van der Waals surface area contributed by atoms with Crippen molar-refractivity contribution in [1.82, 2.24) is 5.32 Å². The molecule has 0 radical (unpaired) electrons. The molecule has 0 aromatic rings. The first-order chi connectivity index (χ1) is 5.41. The number of rotatable bonds is 2. The van der Waals surface area contributed by atoms with E-state index >= 15 is 0 Å². The summed E-state index contributed by atoms with van der Waals surface area (Å²) >= 11 is 0. The van der Waals surface area contributed by atoms with Crippen LogP contribution in [-0.4, -0.2) is 20.6 Å². The normalized spacial score (nSPS) is 5.45. The average Bonchev–Trinajstić information content (AvgIpc) is 2.16. The quantitative estimate of drug-likeness (QED) is 0.657. The second-order valence-corrected chi connectivity index (χ2v) is 1.10. The van der Waals surface area contributed by atoms with Gasteiger partial charge in [0.25, 0.3) is 0 Å². The molecule has 3 N–H and O–H groups in total. The first-order valence-electron chi connectivity index (χ1n) is 4.64. The lowest BCUT2D eigenvalue weighted by Gasteiger charge is -1.84. The third kappa shape index (κ3) is 169. The third-order valence-corrected chi connectivity index (χ3v) is 0.500. The molecule has 11 heavy (non-hydrogen) atoms. The highest BCUT2D eigenvalue weighted by Gasteiger charge is 1.64. The molecule has 0 bridgehead atoms. The van der Waals surface area contributed by atoms with E-state index in [4.69, 9.17) is 0 Å². The summed E-state index contributed by atoms with van der Waals surface area (Å²) in [6, 6.07) is 0. The summed E-state index contributed by atoms with van der Waals surface area (Å²) < 4.78 is 0. The molecule has 0 saturated carbocycles. The lowest BCUT2D eigenvalue weighted by Crippen LogP contribution is -2.04. The predicted octanol–water partition coefficient (Wildman–Crippen LogP) is 2.24. The number of nitrogens with two attached hydrogens (primary N) is 1. The van der Waals surface area contributed by atoms with Crippen LogP contribution in [-0.2, 0) is 0 Å². The van der Waals surface area contributed by atoms with Crippen LogP contribution in [0.4, 0.5) is 0 Å². The maximum Gasteiger partial charge on any atom is -0.00546 e. The van der Waals surface area contributed by atoms with Crippen molar-refractivity contribution in [2.24, 2.45) is 5.73 Å². The zero-order valence-electron chi connectivity index (χ0n) is 9.49. The highest BCUT2D eigenvalue weighted by Crippen LogP contribution is 1.62. The van der Waals surface area contributed by atoms with Gasteiger partial charge in [-0.25, -0.2) is 0 Å². The zero-order chi connectivity index (χ0) is 10.1. The fraction of sp³-hybridized carbons (Fsp3) is 1.00. The van der Waals surface area contributed by atoms with E-state index in [-0.39, 0.29) is 0 Å². The van der Waals surface area contributed by atoms with Crippen LogP contribution in [0.1, 0.15) is 41.0 Å². The van der Waals surface area contributed by atoms with Crippen molar-refractivity contribution in [2.45, 2.75) is 41.0 Å². The van der Waals surface area contributed by atoms with Crippen LogP contribution in [0.25, 0.3) is 0 Å². The smallest absolute Gasteiger partial charge is 0.00546 e. The van der Waals surface area contributed by atoms with Crippen molar-refractivity contribution < 1.29 is 0 Å². The number of hydrogen-bond donors (Lipinski definition) is 2. The van der Waals surface area contributed by atoms with Crippen LogP contribution >= 0.6 is 0 Å². The Hall–Kier alpha value is -0.0800. The Morgan fingerprint density at radius 1 is 1.00 bits per heavy atom. The molecule has 0 aliphatic carbocycles. The molecule has 74 valence electrons. The molecule has 0 rings (SSSR count). The average molecular weight is 164 g/mol. The Morgan fingerprint density at radius 2 is 1.27 bits per heavy atom. The monoisotopic (exact) mass is 164 g/mol. The lowest BCUT2D eigenvalue weighted by atomic mass is 10.5. The number of hydrogen-bond acceptors (Lipinski definition) is 2. The van der Waals surface area contributed by atoms with Gasteiger partial charge in [0.2, 0.25) is 0 Å². The molecule has 0 aliphatic heterocycles. The standard InChI is InChI=1S/C4H11N.2C2H6.CH5N/c1-3-4-5-2;3*1-2/h5H,3-4H2,1-2H3;2*1-2H3;2H2,1H3. The van der Waals surface area contributed by atoms with Gasteiger partial charge in [-0.3, -0.25) is 0 Å². The van der Waals surface area contributed by atoms with E-state index in [0.29, 0.717) is 0 Å². The summed E-state index contributed by atoms with van der Waals surface area (Å²) in [5, 5.41) is 3.02. The van der Waals surface area contributed by atoms with E-state index in [0.717, 1.165) is 6.54 Å². The van der Waals surface area contributed by atoms with Crippen LogP contribution in [0.15, 0.2) is 0 Å². The van der Waals surface area contributed by atoms with Crippen molar-refractivity contribution in [2.75, 3.05) is 20.6 Å². The Morgan fingerprint density at radius 3 is 1.27 bits per heavy atom. The fourth-order valence-electron chi connectivity index (χ4n) is 0.250. The Bertz CT molecular complexity index is 15.0. The molecule has 0 unspecified atom stereocenters. The minimum atomic E-state index is 1.14. The Balaban J connectivity index is -0.0000000350. The van der Waals surface area contributed by atoms with Crippen molar-refractivity contribution in [1.29, 1.82) is 0 Å². The summed E-state index contributed by atoms with van der Waals surface area (Å²) in [6.07, 6.45) is 1.23. The first-order valence-corrected chi connectivity index (χ1v) is 4.64. The Kier molecular flexibility index (Phi) is 189. The molecule has 0 atom stereocenters. The van der Waals surface area contributed by atoms with Gasteiger partial charge in [0.1, 0.15) is 0 Å². The second kappa shape index (κ2) is 92.6.